The fourth-order valence-corrected chi connectivity index (χ4v) is 2.81. The molecule has 1 aromatic rings. The van der Waals surface area contributed by atoms with E-state index >= 15 is 0 Å². The van der Waals surface area contributed by atoms with E-state index in [1.165, 1.54) is 37.0 Å². The van der Waals surface area contributed by atoms with Crippen LogP contribution in [0.1, 0.15) is 25.7 Å². The molecule has 0 amide bonds. The molecule has 6 heteroatoms. The number of nitrogen functional groups attached to an aromatic ring is 1. The van der Waals surface area contributed by atoms with E-state index in [4.69, 9.17) is 10.9 Å². The molecular weight excluding hydrogens is 262 g/mol. The smallest absolute Gasteiger partial charge is 0.238 e. The Morgan fingerprint density at radius 1 is 1.26 bits per heavy atom. The molecule has 1 aliphatic carbocycles. The van der Waals surface area contributed by atoms with Gasteiger partial charge in [0.25, 0.3) is 0 Å². The lowest BCUT2D eigenvalue weighted by molar-refractivity contribution is 0.598. The lowest BCUT2D eigenvalue weighted by Gasteiger charge is -2.09. The van der Waals surface area contributed by atoms with Crippen LogP contribution in [0, 0.1) is 0 Å². The van der Waals surface area contributed by atoms with Gasteiger partial charge in [0.2, 0.25) is 10.0 Å². The molecule has 0 aromatic heterocycles. The highest BCUT2D eigenvalue weighted by atomic mass is 32.2. The van der Waals surface area contributed by atoms with E-state index in [1.807, 2.05) is 0 Å². The third-order valence-electron chi connectivity index (χ3n) is 3.17. The molecule has 0 bridgehead atoms. The molecule has 0 radical (unpaired) electrons. The molecule has 0 saturated carbocycles. The highest BCUT2D eigenvalue weighted by molar-refractivity contribution is 7.89. The van der Waals surface area contributed by atoms with Gasteiger partial charge in [-0.2, -0.15) is 0 Å². The molecule has 0 unspecified atom stereocenters. The van der Waals surface area contributed by atoms with Crippen LogP contribution in [0.4, 0.5) is 11.4 Å². The molecule has 2 rings (SSSR count). The van der Waals surface area contributed by atoms with Crippen LogP contribution in [0.15, 0.2) is 34.7 Å². The van der Waals surface area contributed by atoms with Crippen molar-refractivity contribution in [2.75, 3.05) is 17.6 Å². The summed E-state index contributed by atoms with van der Waals surface area (Å²) in [5.74, 6) is 0. The van der Waals surface area contributed by atoms with Crippen LogP contribution in [0.5, 0.6) is 0 Å². The zero-order valence-electron chi connectivity index (χ0n) is 10.7. The monoisotopic (exact) mass is 281 g/mol. The van der Waals surface area contributed by atoms with Crippen LogP contribution in [0.25, 0.3) is 0 Å². The zero-order chi connectivity index (χ0) is 13.9. The Bertz CT molecular complexity index is 594. The summed E-state index contributed by atoms with van der Waals surface area (Å²) >= 11 is 0. The highest BCUT2D eigenvalue weighted by Crippen LogP contribution is 2.22. The first-order valence-corrected chi connectivity index (χ1v) is 7.85. The maximum absolute atomic E-state index is 11.3. The van der Waals surface area contributed by atoms with E-state index in [-0.39, 0.29) is 4.90 Å². The molecule has 0 spiro atoms. The van der Waals surface area contributed by atoms with Crippen molar-refractivity contribution in [1.82, 2.24) is 0 Å². The topological polar surface area (TPSA) is 98.2 Å². The number of rotatable bonds is 5. The lowest BCUT2D eigenvalue weighted by Crippen LogP contribution is -2.13. The minimum Gasteiger partial charge on any atom is -0.399 e. The Morgan fingerprint density at radius 3 is 2.68 bits per heavy atom. The summed E-state index contributed by atoms with van der Waals surface area (Å²) in [6.07, 6.45) is 6.82. The van der Waals surface area contributed by atoms with Gasteiger partial charge in [0.05, 0.1) is 4.90 Å². The summed E-state index contributed by atoms with van der Waals surface area (Å²) in [7, 11) is -3.72. The number of hydrogen-bond acceptors (Lipinski definition) is 4. The van der Waals surface area contributed by atoms with Crippen LogP contribution >= 0.6 is 0 Å². The number of hydrogen-bond donors (Lipinski definition) is 3. The number of allylic oxidation sites excluding steroid dienone is 1. The first-order chi connectivity index (χ1) is 8.95. The Morgan fingerprint density at radius 2 is 2.05 bits per heavy atom. The van der Waals surface area contributed by atoms with E-state index in [9.17, 15) is 8.42 Å². The number of benzene rings is 1. The van der Waals surface area contributed by atoms with Crippen molar-refractivity contribution >= 4 is 21.4 Å². The third-order valence-corrected chi connectivity index (χ3v) is 4.06. The van der Waals surface area contributed by atoms with Gasteiger partial charge in [-0.15, -0.1) is 0 Å². The Kier molecular flexibility index (Phi) is 4.11. The molecule has 104 valence electrons. The quantitative estimate of drug-likeness (QED) is 0.566. The molecule has 0 atom stereocenters. The predicted molar refractivity (Wildman–Crippen MR) is 77.3 cm³/mol. The van der Waals surface area contributed by atoms with Gasteiger partial charge in [-0.3, -0.25) is 0 Å². The summed E-state index contributed by atoms with van der Waals surface area (Å²) in [6.45, 7) is 0.763. The largest absolute Gasteiger partial charge is 0.399 e. The molecule has 1 aromatic carbocycles. The first kappa shape index (κ1) is 13.9. The third kappa shape index (κ3) is 3.97. The normalized spacial score (nSPS) is 15.3. The van der Waals surface area contributed by atoms with Crippen LogP contribution in [-0.4, -0.2) is 15.0 Å². The second-order valence-corrected chi connectivity index (χ2v) is 6.33. The van der Waals surface area contributed by atoms with Crippen LogP contribution in [0.3, 0.4) is 0 Å². The van der Waals surface area contributed by atoms with Crippen molar-refractivity contribution < 1.29 is 8.42 Å². The maximum Gasteiger partial charge on any atom is 0.238 e. The second kappa shape index (κ2) is 5.63. The number of sulfonamides is 1. The van der Waals surface area contributed by atoms with Crippen molar-refractivity contribution in [3.8, 4) is 0 Å². The Hall–Kier alpha value is -1.53. The second-order valence-electron chi connectivity index (χ2n) is 4.77. The molecule has 0 aliphatic heterocycles. The van der Waals surface area contributed by atoms with Gasteiger partial charge in [0.1, 0.15) is 0 Å². The summed E-state index contributed by atoms with van der Waals surface area (Å²) in [4.78, 5) is 0.0371. The van der Waals surface area contributed by atoms with Crippen molar-refractivity contribution in [2.45, 2.75) is 30.6 Å². The van der Waals surface area contributed by atoms with Crippen molar-refractivity contribution in [3.63, 3.8) is 0 Å². The SMILES string of the molecule is Nc1cc(NCCC2=CCCC2)cc(S(N)(=O)=O)c1. The number of nitrogens with one attached hydrogen (secondary N) is 1. The van der Waals surface area contributed by atoms with Gasteiger partial charge in [-0.25, -0.2) is 13.6 Å². The van der Waals surface area contributed by atoms with Gasteiger partial charge >= 0.3 is 0 Å². The van der Waals surface area contributed by atoms with Crippen molar-refractivity contribution in [3.05, 3.63) is 29.8 Å². The Labute approximate surface area is 113 Å². The average Bonchev–Trinajstić information content (AvgIpc) is 2.80. The van der Waals surface area contributed by atoms with Crippen molar-refractivity contribution in [1.29, 1.82) is 0 Å². The van der Waals surface area contributed by atoms with Crippen LogP contribution < -0.4 is 16.2 Å². The molecule has 5 N–H and O–H groups in total. The van der Waals surface area contributed by atoms with Crippen LogP contribution in [0.2, 0.25) is 0 Å². The number of anilines is 2. The lowest BCUT2D eigenvalue weighted by atomic mass is 10.1. The molecule has 0 heterocycles. The van der Waals surface area contributed by atoms with E-state index < -0.39 is 10.0 Å². The summed E-state index contributed by atoms with van der Waals surface area (Å²) < 4.78 is 22.6. The number of primary sulfonamides is 1. The zero-order valence-corrected chi connectivity index (χ0v) is 11.5. The summed E-state index contributed by atoms with van der Waals surface area (Å²) in [5.41, 5.74) is 8.21. The van der Waals surface area contributed by atoms with Gasteiger partial charge in [-0.05, 0) is 43.9 Å². The fourth-order valence-electron chi connectivity index (χ4n) is 2.22. The minimum absolute atomic E-state index is 0.0371. The maximum atomic E-state index is 11.3. The van der Waals surface area contributed by atoms with E-state index in [1.54, 1.807) is 6.07 Å². The molecule has 0 fully saturated rings. The molecule has 19 heavy (non-hydrogen) atoms. The Balaban J connectivity index is 2.02. The predicted octanol–water partition coefficient (Wildman–Crippen LogP) is 1.83. The van der Waals surface area contributed by atoms with E-state index in [2.05, 4.69) is 11.4 Å². The van der Waals surface area contributed by atoms with Gasteiger partial charge in [-0.1, -0.05) is 11.6 Å². The number of nitrogens with two attached hydrogens (primary N) is 2. The summed E-state index contributed by atoms with van der Waals surface area (Å²) in [5, 5.41) is 8.29. The van der Waals surface area contributed by atoms with Gasteiger partial charge in [0, 0.05) is 17.9 Å². The minimum atomic E-state index is -3.72. The van der Waals surface area contributed by atoms with Gasteiger partial charge in [0.15, 0.2) is 0 Å². The fraction of sp³-hybridized carbons (Fsp3) is 0.385. The highest BCUT2D eigenvalue weighted by Gasteiger charge is 2.10. The van der Waals surface area contributed by atoms with Gasteiger partial charge < -0.3 is 11.1 Å². The van der Waals surface area contributed by atoms with Crippen molar-refractivity contribution in [2.24, 2.45) is 5.14 Å². The van der Waals surface area contributed by atoms with Crippen LogP contribution in [-0.2, 0) is 10.0 Å². The molecular formula is C13H19N3O2S. The summed E-state index contributed by atoms with van der Waals surface area (Å²) in [6, 6.07) is 4.58. The average molecular weight is 281 g/mol. The molecule has 1 aliphatic rings. The molecule has 5 nitrogen and oxygen atoms in total. The standard InChI is InChI=1S/C13H19N3O2S/c14-11-7-12(9-13(8-11)19(15,17)18)16-6-5-10-3-1-2-4-10/h3,7-9,16H,1-2,4-6,14H2,(H2,15,17,18). The van der Waals surface area contributed by atoms with E-state index in [0.717, 1.165) is 13.0 Å². The van der Waals surface area contributed by atoms with E-state index in [0.29, 0.717) is 11.4 Å². The molecule has 0 saturated heterocycles. The first-order valence-electron chi connectivity index (χ1n) is 6.30.